The summed E-state index contributed by atoms with van der Waals surface area (Å²) in [4.78, 5) is 24.3. The number of benzene rings is 1. The van der Waals surface area contributed by atoms with E-state index in [0.717, 1.165) is 5.56 Å². The van der Waals surface area contributed by atoms with E-state index >= 15 is 0 Å². The fourth-order valence-corrected chi connectivity index (χ4v) is 2.30. The monoisotopic (exact) mass is 365 g/mol. The maximum absolute atomic E-state index is 12.4. The van der Waals surface area contributed by atoms with E-state index < -0.39 is 6.04 Å². The zero-order valence-corrected chi connectivity index (χ0v) is 15.6. The highest BCUT2D eigenvalue weighted by Gasteiger charge is 2.20. The van der Waals surface area contributed by atoms with Crippen molar-refractivity contribution in [2.24, 2.45) is 7.05 Å². The second-order valence-corrected chi connectivity index (χ2v) is 5.86. The highest BCUT2D eigenvalue weighted by molar-refractivity contribution is 5.97. The lowest BCUT2D eigenvalue weighted by atomic mass is 10.1. The zero-order valence-electron chi connectivity index (χ0n) is 14.7. The molecule has 0 aliphatic rings. The molecule has 3 N–H and O–H groups in total. The van der Waals surface area contributed by atoms with Crippen LogP contribution >= 0.6 is 12.4 Å². The molecule has 2 aromatic rings. The van der Waals surface area contributed by atoms with Gasteiger partial charge in [-0.1, -0.05) is 0 Å². The fourth-order valence-electron chi connectivity index (χ4n) is 2.30. The third kappa shape index (κ3) is 5.58. The minimum absolute atomic E-state index is 0. The van der Waals surface area contributed by atoms with Crippen LogP contribution in [0.2, 0.25) is 0 Å². The van der Waals surface area contributed by atoms with Crippen molar-refractivity contribution in [3.8, 4) is 0 Å². The number of nitrogens with one attached hydrogen (secondary N) is 3. The Bertz CT molecular complexity index is 712. The molecule has 25 heavy (non-hydrogen) atoms. The Morgan fingerprint density at radius 2 is 1.80 bits per heavy atom. The van der Waals surface area contributed by atoms with E-state index in [9.17, 15) is 9.59 Å². The smallest absolute Gasteiger partial charge is 0.251 e. The quantitative estimate of drug-likeness (QED) is 0.729. The third-order valence-electron chi connectivity index (χ3n) is 3.44. The summed E-state index contributed by atoms with van der Waals surface area (Å²) in [5, 5.41) is 12.7. The largest absolute Gasteiger partial charge is 0.350 e. The number of anilines is 1. The molecule has 1 aromatic carbocycles. The van der Waals surface area contributed by atoms with Crippen LogP contribution in [0.5, 0.6) is 0 Å². The number of carbonyl (C=O) groups is 2. The Hall–Kier alpha value is -2.38. The van der Waals surface area contributed by atoms with Crippen LogP contribution in [0.25, 0.3) is 0 Å². The third-order valence-corrected chi connectivity index (χ3v) is 3.44. The summed E-state index contributed by atoms with van der Waals surface area (Å²) in [7, 11) is 3.52. The standard InChI is InChI=1S/C17H23N5O2.ClH/c1-11(2)20-16(23)12-5-7-14(8-6-12)21-17(24)15(18-3)13-9-19-22(4)10-13;/h5-11,15,18H,1-4H3,(H,20,23)(H,21,24);1H. The van der Waals surface area contributed by atoms with Crippen LogP contribution in [0.1, 0.15) is 35.8 Å². The SMILES string of the molecule is CNC(C(=O)Nc1ccc(C(=O)NC(C)C)cc1)c1cnn(C)c1.Cl. The van der Waals surface area contributed by atoms with Gasteiger partial charge < -0.3 is 16.0 Å². The summed E-state index contributed by atoms with van der Waals surface area (Å²) >= 11 is 0. The highest BCUT2D eigenvalue weighted by Crippen LogP contribution is 2.16. The van der Waals surface area contributed by atoms with Gasteiger partial charge in [0.1, 0.15) is 6.04 Å². The van der Waals surface area contributed by atoms with Crippen molar-refractivity contribution in [2.45, 2.75) is 25.9 Å². The number of halogens is 1. The summed E-state index contributed by atoms with van der Waals surface area (Å²) in [6.45, 7) is 3.81. The van der Waals surface area contributed by atoms with Gasteiger partial charge in [-0.2, -0.15) is 5.10 Å². The molecule has 0 aliphatic carbocycles. The maximum atomic E-state index is 12.4. The number of hydrogen-bond acceptors (Lipinski definition) is 4. The van der Waals surface area contributed by atoms with E-state index in [1.807, 2.05) is 13.8 Å². The fraction of sp³-hybridized carbons (Fsp3) is 0.353. The highest BCUT2D eigenvalue weighted by atomic mass is 35.5. The van der Waals surface area contributed by atoms with Crippen LogP contribution in [0.3, 0.4) is 0 Å². The van der Waals surface area contributed by atoms with Gasteiger partial charge in [-0.3, -0.25) is 14.3 Å². The Morgan fingerprint density at radius 3 is 2.28 bits per heavy atom. The zero-order chi connectivity index (χ0) is 17.7. The molecule has 1 heterocycles. The molecule has 0 saturated carbocycles. The Kier molecular flexibility index (Phi) is 7.60. The van der Waals surface area contributed by atoms with Gasteiger partial charge in [-0.25, -0.2) is 0 Å². The number of hydrogen-bond donors (Lipinski definition) is 3. The first kappa shape index (κ1) is 20.7. The number of aryl methyl sites for hydroxylation is 1. The number of nitrogens with zero attached hydrogens (tertiary/aromatic N) is 2. The van der Waals surface area contributed by atoms with E-state index in [0.29, 0.717) is 11.3 Å². The molecule has 0 aliphatic heterocycles. The van der Waals surface area contributed by atoms with Gasteiger partial charge >= 0.3 is 0 Å². The summed E-state index contributed by atoms with van der Waals surface area (Å²) < 4.78 is 1.65. The van der Waals surface area contributed by atoms with Crippen molar-refractivity contribution >= 4 is 29.9 Å². The predicted molar refractivity (Wildman–Crippen MR) is 99.9 cm³/mol. The number of rotatable bonds is 6. The molecule has 136 valence electrons. The summed E-state index contributed by atoms with van der Waals surface area (Å²) in [6.07, 6.45) is 3.44. The van der Waals surface area contributed by atoms with Crippen LogP contribution in [0.15, 0.2) is 36.7 Å². The van der Waals surface area contributed by atoms with Crippen molar-refractivity contribution in [3.05, 3.63) is 47.8 Å². The van der Waals surface area contributed by atoms with Crippen LogP contribution < -0.4 is 16.0 Å². The van der Waals surface area contributed by atoms with Gasteiger partial charge in [-0.15, -0.1) is 12.4 Å². The Morgan fingerprint density at radius 1 is 1.16 bits per heavy atom. The van der Waals surface area contributed by atoms with Gasteiger partial charge in [0.05, 0.1) is 6.20 Å². The first-order valence-corrected chi connectivity index (χ1v) is 7.78. The molecule has 0 fully saturated rings. The normalized spacial score (nSPS) is 11.6. The summed E-state index contributed by atoms with van der Waals surface area (Å²) in [5.41, 5.74) is 1.97. The van der Waals surface area contributed by atoms with Crippen LogP contribution in [-0.2, 0) is 11.8 Å². The molecule has 2 rings (SSSR count). The lowest BCUT2D eigenvalue weighted by Crippen LogP contribution is -2.31. The van der Waals surface area contributed by atoms with Crippen LogP contribution in [0, 0.1) is 0 Å². The number of carbonyl (C=O) groups excluding carboxylic acids is 2. The van der Waals surface area contributed by atoms with Crippen molar-refractivity contribution in [1.82, 2.24) is 20.4 Å². The molecule has 0 bridgehead atoms. The minimum Gasteiger partial charge on any atom is -0.350 e. The van der Waals surface area contributed by atoms with E-state index in [4.69, 9.17) is 0 Å². The van der Waals surface area contributed by atoms with Crippen molar-refractivity contribution in [1.29, 1.82) is 0 Å². The molecule has 1 aromatic heterocycles. The number of likely N-dealkylation sites (N-methyl/N-ethyl adjacent to an activating group) is 1. The van der Waals surface area contributed by atoms with Crippen molar-refractivity contribution in [3.63, 3.8) is 0 Å². The first-order chi connectivity index (χ1) is 11.4. The Balaban J connectivity index is 0.00000312. The minimum atomic E-state index is -0.498. The topological polar surface area (TPSA) is 88.1 Å². The lowest BCUT2D eigenvalue weighted by molar-refractivity contribution is -0.118. The average Bonchev–Trinajstić information content (AvgIpc) is 2.94. The molecule has 2 amide bonds. The van der Waals surface area contributed by atoms with Gasteiger partial charge in [0, 0.05) is 36.1 Å². The van der Waals surface area contributed by atoms with Crippen molar-refractivity contribution < 1.29 is 9.59 Å². The maximum Gasteiger partial charge on any atom is 0.251 e. The molecule has 7 nitrogen and oxygen atoms in total. The molecule has 0 spiro atoms. The van der Waals surface area contributed by atoms with Gasteiger partial charge in [0.2, 0.25) is 5.91 Å². The number of aromatic nitrogens is 2. The molecule has 1 unspecified atom stereocenters. The summed E-state index contributed by atoms with van der Waals surface area (Å²) in [5.74, 6) is -0.323. The average molecular weight is 366 g/mol. The molecule has 8 heteroatoms. The second-order valence-electron chi connectivity index (χ2n) is 5.86. The second kappa shape index (κ2) is 9.19. The van der Waals surface area contributed by atoms with E-state index in [2.05, 4.69) is 21.0 Å². The molecule has 0 saturated heterocycles. The van der Waals surface area contributed by atoms with Gasteiger partial charge in [0.25, 0.3) is 5.91 Å². The predicted octanol–water partition coefficient (Wildman–Crippen LogP) is 1.88. The van der Waals surface area contributed by atoms with Crippen LogP contribution in [0.4, 0.5) is 5.69 Å². The van der Waals surface area contributed by atoms with Crippen LogP contribution in [-0.4, -0.2) is 34.7 Å². The summed E-state index contributed by atoms with van der Waals surface area (Å²) in [6, 6.07) is 6.37. The molecule has 0 radical (unpaired) electrons. The number of amides is 2. The van der Waals surface area contributed by atoms with Gasteiger partial charge in [-0.05, 0) is 45.2 Å². The van der Waals surface area contributed by atoms with E-state index in [1.54, 1.807) is 55.4 Å². The van der Waals surface area contributed by atoms with Gasteiger partial charge in [0.15, 0.2) is 0 Å². The van der Waals surface area contributed by atoms with Crippen molar-refractivity contribution in [2.75, 3.05) is 12.4 Å². The van der Waals surface area contributed by atoms with E-state index in [-0.39, 0.29) is 30.3 Å². The molecule has 1 atom stereocenters. The lowest BCUT2D eigenvalue weighted by Gasteiger charge is -2.15. The molecular formula is C17H24ClN5O2. The first-order valence-electron chi connectivity index (χ1n) is 7.78. The Labute approximate surface area is 153 Å². The molecular weight excluding hydrogens is 342 g/mol. The van der Waals surface area contributed by atoms with E-state index in [1.165, 1.54) is 0 Å².